The van der Waals surface area contributed by atoms with Crippen LogP contribution in [0, 0.1) is 0 Å². The standard InChI is InChI=1S/C11H19N2O2/c1-12(2)8-6-7-10(9-13(3)4)11(14)15-5/h6-9H,1-5H3/q+1. The average molecular weight is 211 g/mol. The molecule has 0 saturated heterocycles. The van der Waals surface area contributed by atoms with E-state index < -0.39 is 0 Å². The summed E-state index contributed by atoms with van der Waals surface area (Å²) < 4.78 is 6.55. The van der Waals surface area contributed by atoms with Gasteiger partial charge in [-0.2, -0.15) is 0 Å². The molecule has 0 aromatic carbocycles. The summed E-state index contributed by atoms with van der Waals surface area (Å²) in [5, 5.41) is 0. The fourth-order valence-electron chi connectivity index (χ4n) is 0.879. The molecule has 0 aliphatic rings. The third-order valence-electron chi connectivity index (χ3n) is 1.48. The highest BCUT2D eigenvalue weighted by molar-refractivity contribution is 5.92. The maximum absolute atomic E-state index is 11.3. The van der Waals surface area contributed by atoms with Gasteiger partial charge in [-0.3, -0.25) is 0 Å². The lowest BCUT2D eigenvalue weighted by Crippen LogP contribution is -2.09. The first kappa shape index (κ1) is 13.4. The minimum atomic E-state index is -0.341. The van der Waals surface area contributed by atoms with Crippen LogP contribution in [0.4, 0.5) is 0 Å². The quantitative estimate of drug-likeness (QED) is 0.223. The van der Waals surface area contributed by atoms with Crippen molar-refractivity contribution in [2.45, 2.75) is 0 Å². The van der Waals surface area contributed by atoms with Gasteiger partial charge in [0.05, 0.1) is 12.7 Å². The first-order chi connectivity index (χ1) is 6.97. The Kier molecular flexibility index (Phi) is 6.09. The lowest BCUT2D eigenvalue weighted by Gasteiger charge is -2.06. The first-order valence-electron chi connectivity index (χ1n) is 4.62. The summed E-state index contributed by atoms with van der Waals surface area (Å²) in [5.41, 5.74) is 0.514. The fourth-order valence-corrected chi connectivity index (χ4v) is 0.879. The summed E-state index contributed by atoms with van der Waals surface area (Å²) in [5.74, 6) is -0.341. The van der Waals surface area contributed by atoms with Gasteiger partial charge in [0.2, 0.25) is 0 Å². The number of nitrogens with zero attached hydrogens (tertiary/aromatic N) is 2. The van der Waals surface area contributed by atoms with Gasteiger partial charge < -0.3 is 9.64 Å². The van der Waals surface area contributed by atoms with E-state index in [-0.39, 0.29) is 5.97 Å². The third-order valence-corrected chi connectivity index (χ3v) is 1.48. The Labute approximate surface area is 91.1 Å². The molecule has 4 heteroatoms. The molecular formula is C11H19N2O2+. The topological polar surface area (TPSA) is 32.6 Å². The monoisotopic (exact) mass is 211 g/mol. The number of hydrogen-bond donors (Lipinski definition) is 0. The lowest BCUT2D eigenvalue weighted by molar-refractivity contribution is -0.458. The van der Waals surface area contributed by atoms with Gasteiger partial charge in [0, 0.05) is 26.4 Å². The van der Waals surface area contributed by atoms with Gasteiger partial charge in [-0.25, -0.2) is 9.37 Å². The van der Waals surface area contributed by atoms with Crippen molar-refractivity contribution in [3.63, 3.8) is 0 Å². The van der Waals surface area contributed by atoms with Gasteiger partial charge in [-0.15, -0.1) is 0 Å². The zero-order chi connectivity index (χ0) is 11.8. The number of rotatable bonds is 4. The van der Waals surface area contributed by atoms with Crippen molar-refractivity contribution in [2.24, 2.45) is 0 Å². The van der Waals surface area contributed by atoms with Gasteiger partial charge in [0.15, 0.2) is 6.21 Å². The number of ether oxygens (including phenoxy) is 1. The normalized spacial score (nSPS) is 11.4. The zero-order valence-electron chi connectivity index (χ0n) is 10.0. The van der Waals surface area contributed by atoms with Gasteiger partial charge >= 0.3 is 5.97 Å². The molecule has 0 unspecified atom stereocenters. The van der Waals surface area contributed by atoms with Crippen LogP contribution in [-0.2, 0) is 9.53 Å². The SMILES string of the molecule is COC(=O)C(/C=C/C=[N+](C)C)=C/N(C)C. The average Bonchev–Trinajstić information content (AvgIpc) is 2.14. The largest absolute Gasteiger partial charge is 0.465 e. The summed E-state index contributed by atoms with van der Waals surface area (Å²) in [6.45, 7) is 0. The minimum Gasteiger partial charge on any atom is -0.465 e. The molecule has 0 fully saturated rings. The van der Waals surface area contributed by atoms with E-state index in [1.165, 1.54) is 7.11 Å². The van der Waals surface area contributed by atoms with Crippen molar-refractivity contribution in [1.29, 1.82) is 0 Å². The van der Waals surface area contributed by atoms with Crippen molar-refractivity contribution in [3.8, 4) is 0 Å². The van der Waals surface area contributed by atoms with Gasteiger partial charge in [0.25, 0.3) is 0 Å². The number of esters is 1. The summed E-state index contributed by atoms with van der Waals surface area (Å²) >= 11 is 0. The molecule has 0 saturated carbocycles. The number of carbonyl (C=O) groups excluding carboxylic acids is 1. The predicted molar refractivity (Wildman–Crippen MR) is 61.1 cm³/mol. The number of allylic oxidation sites excluding steroid dienone is 1. The van der Waals surface area contributed by atoms with Crippen LogP contribution in [-0.4, -0.2) is 57.0 Å². The summed E-state index contributed by atoms with van der Waals surface area (Å²) in [4.78, 5) is 13.1. The molecule has 0 N–H and O–H groups in total. The van der Waals surface area contributed by atoms with E-state index in [9.17, 15) is 4.79 Å². The molecule has 0 aliphatic carbocycles. The second-order valence-corrected chi connectivity index (χ2v) is 3.51. The van der Waals surface area contributed by atoms with Gasteiger partial charge in [-0.1, -0.05) is 0 Å². The summed E-state index contributed by atoms with van der Waals surface area (Å²) in [6.07, 6.45) is 7.08. The predicted octanol–water partition coefficient (Wildman–Crippen LogP) is 0.504. The van der Waals surface area contributed by atoms with Gasteiger partial charge in [-0.05, 0) is 6.08 Å². The summed E-state index contributed by atoms with van der Waals surface area (Å²) in [6, 6.07) is 0. The Morgan fingerprint density at radius 1 is 1.33 bits per heavy atom. The van der Waals surface area contributed by atoms with Crippen LogP contribution < -0.4 is 0 Å². The van der Waals surface area contributed by atoms with Crippen LogP contribution in [0.5, 0.6) is 0 Å². The van der Waals surface area contributed by atoms with Crippen LogP contribution in [0.1, 0.15) is 0 Å². The third kappa shape index (κ3) is 6.49. The number of hydrogen-bond acceptors (Lipinski definition) is 3. The van der Waals surface area contributed by atoms with Gasteiger partial charge in [0.1, 0.15) is 14.1 Å². The Morgan fingerprint density at radius 2 is 1.93 bits per heavy atom. The summed E-state index contributed by atoms with van der Waals surface area (Å²) in [7, 11) is 8.91. The molecule has 0 spiro atoms. The first-order valence-corrected chi connectivity index (χ1v) is 4.62. The smallest absolute Gasteiger partial charge is 0.339 e. The molecule has 0 radical (unpaired) electrons. The molecule has 84 valence electrons. The second kappa shape index (κ2) is 6.81. The van der Waals surface area contributed by atoms with Crippen molar-refractivity contribution in [2.75, 3.05) is 35.3 Å². The maximum atomic E-state index is 11.3. The number of methoxy groups -OCH3 is 1. The van der Waals surface area contributed by atoms with Crippen molar-refractivity contribution in [3.05, 3.63) is 23.9 Å². The molecule has 15 heavy (non-hydrogen) atoms. The van der Waals surface area contributed by atoms with E-state index in [0.29, 0.717) is 5.57 Å². The van der Waals surface area contributed by atoms with E-state index in [2.05, 4.69) is 4.74 Å². The van der Waals surface area contributed by atoms with Crippen LogP contribution in [0.2, 0.25) is 0 Å². The minimum absolute atomic E-state index is 0.341. The molecule has 0 aliphatic heterocycles. The van der Waals surface area contributed by atoms with E-state index in [4.69, 9.17) is 0 Å². The van der Waals surface area contributed by atoms with Crippen molar-refractivity contribution < 1.29 is 14.1 Å². The van der Waals surface area contributed by atoms with Crippen molar-refractivity contribution >= 4 is 12.2 Å². The van der Waals surface area contributed by atoms with Crippen molar-refractivity contribution in [1.82, 2.24) is 4.90 Å². The van der Waals surface area contributed by atoms with E-state index >= 15 is 0 Å². The molecule has 0 rings (SSSR count). The maximum Gasteiger partial charge on any atom is 0.339 e. The fraction of sp³-hybridized carbons (Fsp3) is 0.455. The Morgan fingerprint density at radius 3 is 2.33 bits per heavy atom. The van der Waals surface area contributed by atoms with E-state index in [1.54, 1.807) is 23.3 Å². The zero-order valence-corrected chi connectivity index (χ0v) is 10.0. The van der Waals surface area contributed by atoms with Crippen LogP contribution in [0.15, 0.2) is 23.9 Å². The Balaban J connectivity index is 4.74. The molecule has 0 atom stereocenters. The highest BCUT2D eigenvalue weighted by Crippen LogP contribution is 2.00. The second-order valence-electron chi connectivity index (χ2n) is 3.51. The lowest BCUT2D eigenvalue weighted by atomic mass is 10.2. The molecule has 4 nitrogen and oxygen atoms in total. The number of carbonyl (C=O) groups is 1. The molecule has 0 heterocycles. The Bertz CT molecular complexity index is 298. The highest BCUT2D eigenvalue weighted by Gasteiger charge is 2.05. The van der Waals surface area contributed by atoms with E-state index in [1.807, 2.05) is 39.0 Å². The molecule has 0 aromatic heterocycles. The van der Waals surface area contributed by atoms with Crippen LogP contribution in [0.3, 0.4) is 0 Å². The van der Waals surface area contributed by atoms with Crippen LogP contribution in [0.25, 0.3) is 0 Å². The highest BCUT2D eigenvalue weighted by atomic mass is 16.5. The molecule has 0 bridgehead atoms. The Hall–Kier alpha value is -1.58. The molecule has 0 aromatic rings. The molecular weight excluding hydrogens is 192 g/mol. The molecule has 0 amide bonds. The van der Waals surface area contributed by atoms with Crippen LogP contribution >= 0.6 is 0 Å². The van der Waals surface area contributed by atoms with E-state index in [0.717, 1.165) is 0 Å².